The molecule has 0 aliphatic heterocycles. The van der Waals surface area contributed by atoms with Gasteiger partial charge in [0.15, 0.2) is 0 Å². The highest BCUT2D eigenvalue weighted by Gasteiger charge is 2.36. The highest BCUT2D eigenvalue weighted by Crippen LogP contribution is 2.52. The maximum Gasteiger partial charge on any atom is 0.135 e. The normalized spacial score (nSPS) is 13.4. The average Bonchev–Trinajstić information content (AvgIpc) is 3.83. The number of allylic oxidation sites excluding steroid dienone is 2. The van der Waals surface area contributed by atoms with Crippen molar-refractivity contribution >= 4 is 60.8 Å². The van der Waals surface area contributed by atoms with Crippen LogP contribution in [0.15, 0.2) is 168 Å². The molecule has 0 saturated heterocycles. The number of hydrogen-bond acceptors (Lipinski definition) is 2. The molecule has 10 rings (SSSR count). The Morgan fingerprint density at radius 3 is 2.02 bits per heavy atom. The van der Waals surface area contributed by atoms with E-state index in [1.165, 1.54) is 68.0 Å². The maximum absolute atomic E-state index is 6.30. The topological polar surface area (TPSA) is 21.3 Å². The summed E-state index contributed by atoms with van der Waals surface area (Å²) in [6.07, 6.45) is 8.24. The molecule has 7 aromatic carbocycles. The summed E-state index contributed by atoms with van der Waals surface area (Å²) in [4.78, 5) is 2.44. The number of anilines is 3. The van der Waals surface area contributed by atoms with Crippen LogP contribution in [0.1, 0.15) is 51.2 Å². The second kappa shape index (κ2) is 13.2. The Balaban J connectivity index is 1.14. The van der Waals surface area contributed by atoms with E-state index in [9.17, 15) is 0 Å². The van der Waals surface area contributed by atoms with Gasteiger partial charge in [0.05, 0.1) is 0 Å². The van der Waals surface area contributed by atoms with Crippen LogP contribution < -0.4 is 4.90 Å². The van der Waals surface area contributed by atoms with Gasteiger partial charge in [-0.2, -0.15) is 0 Å². The van der Waals surface area contributed by atoms with E-state index in [4.69, 9.17) is 4.42 Å². The lowest BCUT2D eigenvalue weighted by Gasteiger charge is -2.28. The smallest absolute Gasteiger partial charge is 0.135 e. The lowest BCUT2D eigenvalue weighted by atomic mass is 9.81. The first-order chi connectivity index (χ1) is 27.0. The number of hydrogen-bond donors (Lipinski definition) is 0. The summed E-state index contributed by atoms with van der Waals surface area (Å²) in [7, 11) is 0. The van der Waals surface area contributed by atoms with E-state index >= 15 is 0 Å². The summed E-state index contributed by atoms with van der Waals surface area (Å²) >= 11 is 0. The third kappa shape index (κ3) is 5.49. The molecule has 0 saturated carbocycles. The Labute approximate surface area is 322 Å². The molecule has 0 unspecified atom stereocenters. The largest absolute Gasteiger partial charge is 0.456 e. The Bertz CT molecular complexity index is 2920. The summed E-state index contributed by atoms with van der Waals surface area (Å²) in [5.74, 6) is 0. The molecule has 1 aliphatic rings. The highest BCUT2D eigenvalue weighted by molar-refractivity contribution is 6.10. The molecular formula is C52H44N2O. The van der Waals surface area contributed by atoms with Crippen LogP contribution in [0.4, 0.5) is 17.1 Å². The Kier molecular flexibility index (Phi) is 7.99. The van der Waals surface area contributed by atoms with Crippen LogP contribution in [0.25, 0.3) is 66.0 Å². The standard InChI is InChI=1S/C52H44N2O/c1-4-5-6-7-15-30-53-48-20-13-11-18-42(48)44-32-37(24-28-49(44)53)54(38-25-29-51-45(33-38)43-19-12-14-21-50(43)55-51)39-23-27-41-40-26-22-36(35-16-9-8-10-17-35)31-46(40)52(2,3)47(41)34-39/h7-29,31-34H,4-6,30H2,1-3H3/b15-7-. The fourth-order valence-electron chi connectivity index (χ4n) is 8.97. The summed E-state index contributed by atoms with van der Waals surface area (Å²) in [5.41, 5.74) is 15.4. The van der Waals surface area contributed by atoms with Crippen molar-refractivity contribution in [3.8, 4) is 22.3 Å². The van der Waals surface area contributed by atoms with Gasteiger partial charge in [0.1, 0.15) is 11.2 Å². The van der Waals surface area contributed by atoms with Crippen LogP contribution in [0.3, 0.4) is 0 Å². The van der Waals surface area contributed by atoms with Crippen LogP contribution in [0.2, 0.25) is 0 Å². The van der Waals surface area contributed by atoms with Gasteiger partial charge in [0, 0.05) is 61.6 Å². The third-order valence-electron chi connectivity index (χ3n) is 11.8. The number of furan rings is 1. The zero-order valence-corrected chi connectivity index (χ0v) is 31.7. The maximum atomic E-state index is 6.30. The van der Waals surface area contributed by atoms with Crippen LogP contribution >= 0.6 is 0 Å². The van der Waals surface area contributed by atoms with Gasteiger partial charge in [-0.05, 0) is 107 Å². The first kappa shape index (κ1) is 33.3. The molecule has 3 heteroatoms. The summed E-state index contributed by atoms with van der Waals surface area (Å²) in [6.45, 7) is 7.86. The summed E-state index contributed by atoms with van der Waals surface area (Å²) in [6, 6.07) is 55.6. The first-order valence-electron chi connectivity index (χ1n) is 19.7. The van der Waals surface area contributed by atoms with E-state index in [1.807, 2.05) is 6.07 Å². The molecule has 0 atom stereocenters. The molecular weight excluding hydrogens is 669 g/mol. The predicted molar refractivity (Wildman–Crippen MR) is 233 cm³/mol. The molecule has 268 valence electrons. The van der Waals surface area contributed by atoms with E-state index < -0.39 is 0 Å². The average molecular weight is 713 g/mol. The molecule has 2 heterocycles. The number of para-hydroxylation sites is 2. The van der Waals surface area contributed by atoms with Gasteiger partial charge >= 0.3 is 0 Å². The monoisotopic (exact) mass is 712 g/mol. The molecule has 0 spiro atoms. The Hall–Kier alpha value is -6.32. The molecule has 0 bridgehead atoms. The molecule has 55 heavy (non-hydrogen) atoms. The van der Waals surface area contributed by atoms with Crippen molar-refractivity contribution in [2.45, 2.75) is 52.0 Å². The fourth-order valence-corrected chi connectivity index (χ4v) is 8.97. The van der Waals surface area contributed by atoms with Gasteiger partial charge in [-0.3, -0.25) is 0 Å². The lowest BCUT2D eigenvalue weighted by Crippen LogP contribution is -2.16. The lowest BCUT2D eigenvalue weighted by molar-refractivity contribution is 0.660. The molecule has 9 aromatic rings. The number of unbranched alkanes of at least 4 members (excludes halogenated alkanes) is 2. The van der Waals surface area contributed by atoms with E-state index in [-0.39, 0.29) is 5.41 Å². The van der Waals surface area contributed by atoms with Crippen molar-refractivity contribution in [1.82, 2.24) is 4.57 Å². The van der Waals surface area contributed by atoms with Gasteiger partial charge in [-0.1, -0.05) is 131 Å². The zero-order valence-electron chi connectivity index (χ0n) is 31.7. The van der Waals surface area contributed by atoms with Crippen LogP contribution in [0.5, 0.6) is 0 Å². The third-order valence-corrected chi connectivity index (χ3v) is 11.8. The second-order valence-corrected chi connectivity index (χ2v) is 15.5. The SMILES string of the molecule is CCCC/C=C\Cn1c2ccccc2c2cc(N(c3ccc4c(c3)C(C)(C)c3cc(-c5ccccc5)ccc3-4)c3ccc4oc5ccccc5c4c3)ccc21. The van der Waals surface area contributed by atoms with Crippen LogP contribution in [-0.2, 0) is 12.0 Å². The minimum Gasteiger partial charge on any atom is -0.456 e. The number of aromatic nitrogens is 1. The second-order valence-electron chi connectivity index (χ2n) is 15.5. The van der Waals surface area contributed by atoms with Crippen molar-refractivity contribution in [1.29, 1.82) is 0 Å². The van der Waals surface area contributed by atoms with Crippen LogP contribution in [-0.4, -0.2) is 4.57 Å². The van der Waals surface area contributed by atoms with E-state index in [0.29, 0.717) is 0 Å². The highest BCUT2D eigenvalue weighted by atomic mass is 16.3. The van der Waals surface area contributed by atoms with Crippen molar-refractivity contribution in [3.63, 3.8) is 0 Å². The van der Waals surface area contributed by atoms with Crippen molar-refractivity contribution in [2.24, 2.45) is 0 Å². The molecule has 1 aliphatic carbocycles. The van der Waals surface area contributed by atoms with Gasteiger partial charge in [0.25, 0.3) is 0 Å². The molecule has 0 amide bonds. The van der Waals surface area contributed by atoms with Crippen molar-refractivity contribution in [3.05, 3.63) is 175 Å². The number of nitrogens with zero attached hydrogens (tertiary/aromatic N) is 2. The fraction of sp³-hybridized carbons (Fsp3) is 0.154. The van der Waals surface area contributed by atoms with Gasteiger partial charge in [-0.15, -0.1) is 0 Å². The summed E-state index contributed by atoms with van der Waals surface area (Å²) in [5, 5.41) is 4.78. The quantitative estimate of drug-likeness (QED) is 0.110. The number of fused-ring (bicyclic) bond motifs is 9. The first-order valence-corrected chi connectivity index (χ1v) is 19.7. The van der Waals surface area contributed by atoms with Gasteiger partial charge in [-0.25, -0.2) is 0 Å². The van der Waals surface area contributed by atoms with E-state index in [0.717, 1.165) is 52.0 Å². The number of rotatable bonds is 9. The van der Waals surface area contributed by atoms with Crippen molar-refractivity contribution in [2.75, 3.05) is 4.90 Å². The van der Waals surface area contributed by atoms with Gasteiger partial charge < -0.3 is 13.9 Å². The Morgan fingerprint density at radius 2 is 1.18 bits per heavy atom. The number of benzene rings is 7. The van der Waals surface area contributed by atoms with Crippen molar-refractivity contribution < 1.29 is 4.42 Å². The van der Waals surface area contributed by atoms with Gasteiger partial charge in [0.2, 0.25) is 0 Å². The van der Waals surface area contributed by atoms with Crippen LogP contribution in [0, 0.1) is 0 Å². The van der Waals surface area contributed by atoms with E-state index in [1.54, 1.807) is 0 Å². The molecule has 0 radical (unpaired) electrons. The van der Waals surface area contributed by atoms with E-state index in [2.05, 4.69) is 188 Å². The Morgan fingerprint density at radius 1 is 0.545 bits per heavy atom. The summed E-state index contributed by atoms with van der Waals surface area (Å²) < 4.78 is 8.76. The molecule has 2 aromatic heterocycles. The molecule has 0 N–H and O–H groups in total. The zero-order chi connectivity index (χ0) is 37.1. The minimum atomic E-state index is -0.177. The predicted octanol–water partition coefficient (Wildman–Crippen LogP) is 14.9. The minimum absolute atomic E-state index is 0.177. The molecule has 0 fully saturated rings. The molecule has 3 nitrogen and oxygen atoms in total.